The number of alkyl halides is 1. The van der Waals surface area contributed by atoms with Crippen molar-refractivity contribution in [1.82, 2.24) is 5.32 Å². The molecule has 1 aliphatic carbocycles. The highest BCUT2D eigenvalue weighted by Gasteiger charge is 2.40. The lowest BCUT2D eigenvalue weighted by atomic mass is 10.0. The Morgan fingerprint density at radius 3 is 2.56 bits per heavy atom. The molecule has 0 unspecified atom stereocenters. The molecule has 96 valence electrons. The maximum absolute atomic E-state index is 11.2. The summed E-state index contributed by atoms with van der Waals surface area (Å²) in [6.07, 6.45) is 4.32. The van der Waals surface area contributed by atoms with Gasteiger partial charge in [0.05, 0.1) is 5.75 Å². The molecule has 16 heavy (non-hydrogen) atoms. The van der Waals surface area contributed by atoms with E-state index in [2.05, 4.69) is 5.32 Å². The molecular weight excluding hydrogens is 246 g/mol. The van der Waals surface area contributed by atoms with Gasteiger partial charge in [0.2, 0.25) is 0 Å². The Hall–Kier alpha value is 0.200. The molecule has 5 heteroatoms. The third kappa shape index (κ3) is 5.02. The van der Waals surface area contributed by atoms with E-state index in [1.54, 1.807) is 6.92 Å². The van der Waals surface area contributed by atoms with E-state index in [0.717, 1.165) is 25.4 Å². The van der Waals surface area contributed by atoms with Gasteiger partial charge in [-0.25, -0.2) is 8.42 Å². The monoisotopic (exact) mass is 267 g/mol. The fourth-order valence-corrected chi connectivity index (χ4v) is 3.08. The summed E-state index contributed by atoms with van der Waals surface area (Å²) in [5, 5.41) is 3.35. The van der Waals surface area contributed by atoms with E-state index in [0.29, 0.717) is 17.6 Å². The van der Waals surface area contributed by atoms with Crippen LogP contribution in [0.2, 0.25) is 0 Å². The van der Waals surface area contributed by atoms with Gasteiger partial charge in [0.1, 0.15) is 9.84 Å². The number of rotatable bonds is 9. The van der Waals surface area contributed by atoms with Gasteiger partial charge in [-0.2, -0.15) is 0 Å². The van der Waals surface area contributed by atoms with E-state index in [9.17, 15) is 8.42 Å². The van der Waals surface area contributed by atoms with Crippen molar-refractivity contribution >= 4 is 21.4 Å². The Labute approximate surface area is 104 Å². The minimum absolute atomic E-state index is 0.253. The molecule has 1 N–H and O–H groups in total. The molecule has 1 fully saturated rings. The minimum Gasteiger partial charge on any atom is -0.316 e. The van der Waals surface area contributed by atoms with Gasteiger partial charge in [-0.3, -0.25) is 0 Å². The van der Waals surface area contributed by atoms with Crippen molar-refractivity contribution in [3.8, 4) is 0 Å². The van der Waals surface area contributed by atoms with Crippen LogP contribution < -0.4 is 5.32 Å². The van der Waals surface area contributed by atoms with Gasteiger partial charge < -0.3 is 5.32 Å². The van der Waals surface area contributed by atoms with Gasteiger partial charge in [0.15, 0.2) is 0 Å². The molecule has 0 aromatic rings. The fraction of sp³-hybridized carbons (Fsp3) is 1.00. The smallest absolute Gasteiger partial charge is 0.150 e. The van der Waals surface area contributed by atoms with Crippen LogP contribution in [0.5, 0.6) is 0 Å². The second-order valence-electron chi connectivity index (χ2n) is 4.71. The van der Waals surface area contributed by atoms with Gasteiger partial charge in [-0.1, -0.05) is 6.92 Å². The number of hydrogen-bond donors (Lipinski definition) is 1. The summed E-state index contributed by atoms with van der Waals surface area (Å²) in [5.74, 6) is 1.29. The highest BCUT2D eigenvalue weighted by Crippen LogP contribution is 2.48. The zero-order valence-corrected chi connectivity index (χ0v) is 11.5. The molecule has 1 saturated carbocycles. The number of nitrogens with one attached hydrogen (secondary N) is 1. The predicted molar refractivity (Wildman–Crippen MR) is 68.8 cm³/mol. The first kappa shape index (κ1) is 14.3. The van der Waals surface area contributed by atoms with Crippen LogP contribution in [0, 0.1) is 5.41 Å². The van der Waals surface area contributed by atoms with Crippen LogP contribution in [0.15, 0.2) is 0 Å². The Morgan fingerprint density at radius 2 is 2.06 bits per heavy atom. The van der Waals surface area contributed by atoms with Crippen molar-refractivity contribution in [3.05, 3.63) is 0 Å². The number of sulfone groups is 1. The van der Waals surface area contributed by atoms with Crippen LogP contribution in [0.25, 0.3) is 0 Å². The number of hydrogen-bond acceptors (Lipinski definition) is 3. The third-order valence-corrected chi connectivity index (χ3v) is 5.31. The first-order valence-corrected chi connectivity index (χ1v) is 8.36. The van der Waals surface area contributed by atoms with E-state index >= 15 is 0 Å². The molecule has 0 heterocycles. The predicted octanol–water partition coefficient (Wildman–Crippen LogP) is 1.81. The molecule has 0 amide bonds. The van der Waals surface area contributed by atoms with Crippen molar-refractivity contribution in [2.75, 3.05) is 30.5 Å². The Kier molecular flexibility index (Phi) is 5.54. The SMILES string of the molecule is CCS(=O)(=O)CCCNCC1(CCCl)CC1. The van der Waals surface area contributed by atoms with Crippen LogP contribution in [-0.4, -0.2) is 38.9 Å². The summed E-state index contributed by atoms with van der Waals surface area (Å²) in [6.45, 7) is 3.48. The van der Waals surface area contributed by atoms with Crippen molar-refractivity contribution in [1.29, 1.82) is 0 Å². The van der Waals surface area contributed by atoms with Crippen molar-refractivity contribution in [3.63, 3.8) is 0 Å². The van der Waals surface area contributed by atoms with Crippen LogP contribution in [0.3, 0.4) is 0 Å². The lowest BCUT2D eigenvalue weighted by molar-refractivity contribution is 0.446. The van der Waals surface area contributed by atoms with E-state index in [4.69, 9.17) is 11.6 Å². The van der Waals surface area contributed by atoms with Crippen molar-refractivity contribution in [2.45, 2.75) is 32.6 Å². The average Bonchev–Trinajstić information content (AvgIpc) is 2.98. The highest BCUT2D eigenvalue weighted by atomic mass is 35.5. The first-order valence-electron chi connectivity index (χ1n) is 6.01. The van der Waals surface area contributed by atoms with Crippen LogP contribution in [0.4, 0.5) is 0 Å². The minimum atomic E-state index is -2.79. The molecule has 0 radical (unpaired) electrons. The molecule has 0 atom stereocenters. The maximum atomic E-state index is 11.2. The standard InChI is InChI=1S/C11H22ClNO2S/c1-2-16(14,15)9-3-8-13-10-11(4-5-11)6-7-12/h13H,2-10H2,1H3. The van der Waals surface area contributed by atoms with Crippen molar-refractivity contribution < 1.29 is 8.42 Å². The topological polar surface area (TPSA) is 46.2 Å². The molecule has 3 nitrogen and oxygen atoms in total. The first-order chi connectivity index (χ1) is 7.54. The van der Waals surface area contributed by atoms with Crippen LogP contribution in [-0.2, 0) is 9.84 Å². The summed E-state index contributed by atoms with van der Waals surface area (Å²) in [7, 11) is -2.79. The molecule has 0 spiro atoms. The zero-order valence-electron chi connectivity index (χ0n) is 9.97. The van der Waals surface area contributed by atoms with Gasteiger partial charge in [-0.15, -0.1) is 11.6 Å². The second kappa shape index (κ2) is 6.22. The lowest BCUT2D eigenvalue weighted by Crippen LogP contribution is -2.26. The third-order valence-electron chi connectivity index (χ3n) is 3.33. The van der Waals surface area contributed by atoms with Crippen molar-refractivity contribution in [2.24, 2.45) is 5.41 Å². The quantitative estimate of drug-likeness (QED) is 0.512. The molecule has 0 aromatic carbocycles. The van der Waals surface area contributed by atoms with E-state index in [-0.39, 0.29) is 5.75 Å². The molecule has 0 aliphatic heterocycles. The summed E-state index contributed by atoms with van der Waals surface area (Å²) < 4.78 is 22.5. The Balaban J connectivity index is 2.04. The zero-order chi connectivity index (χ0) is 12.1. The normalized spacial score (nSPS) is 18.6. The van der Waals surface area contributed by atoms with E-state index < -0.39 is 9.84 Å². The van der Waals surface area contributed by atoms with Gasteiger partial charge >= 0.3 is 0 Å². The number of halogens is 1. The largest absolute Gasteiger partial charge is 0.316 e. The highest BCUT2D eigenvalue weighted by molar-refractivity contribution is 7.91. The molecule has 1 rings (SSSR count). The molecule has 0 bridgehead atoms. The maximum Gasteiger partial charge on any atom is 0.150 e. The molecule has 0 aromatic heterocycles. The molecular formula is C11H22ClNO2S. The lowest BCUT2D eigenvalue weighted by Gasteiger charge is -2.14. The van der Waals surface area contributed by atoms with Crippen LogP contribution in [0.1, 0.15) is 32.6 Å². The molecule has 1 aliphatic rings. The van der Waals surface area contributed by atoms with Crippen LogP contribution >= 0.6 is 11.6 Å². The van der Waals surface area contributed by atoms with Gasteiger partial charge in [0, 0.05) is 18.2 Å². The fourth-order valence-electron chi connectivity index (χ4n) is 1.81. The molecule has 0 saturated heterocycles. The Bertz CT molecular complexity index is 299. The second-order valence-corrected chi connectivity index (χ2v) is 7.56. The summed E-state index contributed by atoms with van der Waals surface area (Å²) in [4.78, 5) is 0. The summed E-state index contributed by atoms with van der Waals surface area (Å²) in [6, 6.07) is 0. The van der Waals surface area contributed by atoms with E-state index in [1.165, 1.54) is 12.8 Å². The van der Waals surface area contributed by atoms with Gasteiger partial charge in [0.25, 0.3) is 0 Å². The van der Waals surface area contributed by atoms with E-state index in [1.807, 2.05) is 0 Å². The average molecular weight is 268 g/mol. The summed E-state index contributed by atoms with van der Waals surface area (Å²) >= 11 is 5.74. The Morgan fingerprint density at radius 1 is 1.38 bits per heavy atom. The summed E-state index contributed by atoms with van der Waals surface area (Å²) in [5.41, 5.74) is 0.436. The van der Waals surface area contributed by atoms with Gasteiger partial charge in [-0.05, 0) is 37.6 Å².